The van der Waals surface area contributed by atoms with Crippen LogP contribution in [-0.4, -0.2) is 16.7 Å². The van der Waals surface area contributed by atoms with Gasteiger partial charge in [-0.15, -0.1) is 0 Å². The molecular formula is C10H10N2OS. The van der Waals surface area contributed by atoms with Crippen molar-refractivity contribution in [2.75, 3.05) is 12.3 Å². The summed E-state index contributed by atoms with van der Waals surface area (Å²) in [5, 5.41) is 9.21. The maximum absolute atomic E-state index is 8.62. The van der Waals surface area contributed by atoms with Gasteiger partial charge in [-0.05, 0) is 17.7 Å². The van der Waals surface area contributed by atoms with Gasteiger partial charge in [-0.2, -0.15) is 0 Å². The fourth-order valence-electron chi connectivity index (χ4n) is 1.25. The molecule has 1 aromatic heterocycles. The highest BCUT2D eigenvalue weighted by molar-refractivity contribution is 7.22. The topological polar surface area (TPSA) is 59.1 Å². The van der Waals surface area contributed by atoms with Crippen molar-refractivity contribution in [1.29, 1.82) is 0 Å². The molecule has 0 unspecified atom stereocenters. The fourth-order valence-corrected chi connectivity index (χ4v) is 1.97. The number of fused-ring (bicyclic) bond motifs is 1. The standard InChI is InChI=1S/C10H10N2OS/c11-10-12-8-6-7(2-1-5-13)3-4-9(8)14-10/h1-4,6,13H,5H2,(H2,11,12). The highest BCUT2D eigenvalue weighted by atomic mass is 32.1. The second-order valence-electron chi connectivity index (χ2n) is 2.86. The van der Waals surface area contributed by atoms with Crippen LogP contribution >= 0.6 is 11.3 Å². The third-order valence-corrected chi connectivity index (χ3v) is 2.71. The minimum absolute atomic E-state index is 0.0528. The molecule has 3 nitrogen and oxygen atoms in total. The Morgan fingerprint density at radius 3 is 3.14 bits per heavy atom. The monoisotopic (exact) mass is 206 g/mol. The summed E-state index contributed by atoms with van der Waals surface area (Å²) in [6, 6.07) is 5.92. The van der Waals surface area contributed by atoms with Gasteiger partial charge in [0, 0.05) is 0 Å². The lowest BCUT2D eigenvalue weighted by atomic mass is 10.2. The van der Waals surface area contributed by atoms with Gasteiger partial charge in [-0.1, -0.05) is 29.6 Å². The van der Waals surface area contributed by atoms with E-state index < -0.39 is 0 Å². The van der Waals surface area contributed by atoms with Gasteiger partial charge in [0.15, 0.2) is 5.13 Å². The number of rotatable bonds is 2. The van der Waals surface area contributed by atoms with Crippen molar-refractivity contribution in [3.63, 3.8) is 0 Å². The van der Waals surface area contributed by atoms with Crippen LogP contribution in [0, 0.1) is 0 Å². The van der Waals surface area contributed by atoms with E-state index >= 15 is 0 Å². The van der Waals surface area contributed by atoms with E-state index in [-0.39, 0.29) is 6.61 Å². The molecule has 4 heteroatoms. The second kappa shape index (κ2) is 3.77. The first-order valence-electron chi connectivity index (χ1n) is 4.23. The highest BCUT2D eigenvalue weighted by Crippen LogP contribution is 2.24. The number of aliphatic hydroxyl groups excluding tert-OH is 1. The van der Waals surface area contributed by atoms with E-state index in [9.17, 15) is 0 Å². The van der Waals surface area contributed by atoms with Gasteiger partial charge < -0.3 is 10.8 Å². The molecule has 0 amide bonds. The van der Waals surface area contributed by atoms with Crippen LogP contribution in [0.3, 0.4) is 0 Å². The van der Waals surface area contributed by atoms with E-state index in [0.717, 1.165) is 15.8 Å². The molecule has 0 fully saturated rings. The Labute approximate surface area is 85.5 Å². The van der Waals surface area contributed by atoms with E-state index in [4.69, 9.17) is 10.8 Å². The van der Waals surface area contributed by atoms with E-state index in [1.165, 1.54) is 11.3 Å². The van der Waals surface area contributed by atoms with Crippen LogP contribution in [0.15, 0.2) is 24.3 Å². The smallest absolute Gasteiger partial charge is 0.181 e. The zero-order chi connectivity index (χ0) is 9.97. The van der Waals surface area contributed by atoms with Crippen molar-refractivity contribution in [1.82, 2.24) is 4.98 Å². The van der Waals surface area contributed by atoms with Crippen molar-refractivity contribution in [3.05, 3.63) is 29.8 Å². The van der Waals surface area contributed by atoms with Crippen LogP contribution in [-0.2, 0) is 0 Å². The van der Waals surface area contributed by atoms with Gasteiger partial charge in [0.05, 0.1) is 16.8 Å². The quantitative estimate of drug-likeness (QED) is 0.788. The number of nitrogens with two attached hydrogens (primary N) is 1. The molecule has 0 aliphatic carbocycles. The molecule has 0 saturated carbocycles. The SMILES string of the molecule is Nc1nc2cc(C=CCO)ccc2s1. The van der Waals surface area contributed by atoms with Gasteiger partial charge in [0.1, 0.15) is 0 Å². The first kappa shape index (κ1) is 9.18. The molecule has 0 radical (unpaired) electrons. The minimum atomic E-state index is 0.0528. The van der Waals surface area contributed by atoms with Crippen molar-refractivity contribution < 1.29 is 5.11 Å². The molecule has 2 rings (SSSR count). The molecule has 3 N–H and O–H groups in total. The zero-order valence-electron chi connectivity index (χ0n) is 7.47. The Bertz CT molecular complexity index is 476. The minimum Gasteiger partial charge on any atom is -0.392 e. The number of hydrogen-bond acceptors (Lipinski definition) is 4. The van der Waals surface area contributed by atoms with Gasteiger partial charge in [0.25, 0.3) is 0 Å². The summed E-state index contributed by atoms with van der Waals surface area (Å²) in [5.74, 6) is 0. The van der Waals surface area contributed by atoms with Crippen molar-refractivity contribution >= 4 is 32.8 Å². The number of aliphatic hydroxyl groups is 1. The molecule has 1 aromatic carbocycles. The fraction of sp³-hybridized carbons (Fsp3) is 0.100. The molecule has 72 valence electrons. The van der Waals surface area contributed by atoms with Gasteiger partial charge in [-0.3, -0.25) is 0 Å². The molecule has 14 heavy (non-hydrogen) atoms. The van der Waals surface area contributed by atoms with Gasteiger partial charge in [0.2, 0.25) is 0 Å². The lowest BCUT2D eigenvalue weighted by Crippen LogP contribution is -1.79. The number of thiazole rings is 1. The molecule has 0 atom stereocenters. The summed E-state index contributed by atoms with van der Waals surface area (Å²) < 4.78 is 1.09. The van der Waals surface area contributed by atoms with E-state index in [1.54, 1.807) is 6.08 Å². The molecule has 0 aliphatic rings. The number of nitrogen functional groups attached to an aromatic ring is 1. The zero-order valence-corrected chi connectivity index (χ0v) is 8.29. The number of benzene rings is 1. The number of aromatic nitrogens is 1. The van der Waals surface area contributed by atoms with E-state index in [1.807, 2.05) is 24.3 Å². The summed E-state index contributed by atoms with van der Waals surface area (Å²) >= 11 is 1.48. The molecule has 0 saturated heterocycles. The maximum atomic E-state index is 8.62. The van der Waals surface area contributed by atoms with Gasteiger partial charge in [-0.25, -0.2) is 4.98 Å². The van der Waals surface area contributed by atoms with Crippen LogP contribution in [0.5, 0.6) is 0 Å². The molecule has 2 aromatic rings. The maximum Gasteiger partial charge on any atom is 0.181 e. The summed E-state index contributed by atoms with van der Waals surface area (Å²) in [6.07, 6.45) is 3.55. The number of anilines is 1. The average Bonchev–Trinajstić information content (AvgIpc) is 2.54. The predicted molar refractivity (Wildman–Crippen MR) is 60.2 cm³/mol. The first-order valence-corrected chi connectivity index (χ1v) is 5.05. The number of nitrogens with zero attached hydrogens (tertiary/aromatic N) is 1. The average molecular weight is 206 g/mol. The molecular weight excluding hydrogens is 196 g/mol. The lowest BCUT2D eigenvalue weighted by molar-refractivity contribution is 0.343. The lowest BCUT2D eigenvalue weighted by Gasteiger charge is -1.91. The molecule has 0 spiro atoms. The Kier molecular flexibility index (Phi) is 2.47. The van der Waals surface area contributed by atoms with E-state index in [2.05, 4.69) is 4.98 Å². The normalized spacial score (nSPS) is 11.5. The van der Waals surface area contributed by atoms with Crippen LogP contribution < -0.4 is 5.73 Å². The van der Waals surface area contributed by atoms with Crippen LogP contribution in [0.4, 0.5) is 5.13 Å². The van der Waals surface area contributed by atoms with Crippen molar-refractivity contribution in [2.24, 2.45) is 0 Å². The summed E-state index contributed by atoms with van der Waals surface area (Å²) in [5.41, 5.74) is 7.52. The molecule has 0 bridgehead atoms. The van der Waals surface area contributed by atoms with Gasteiger partial charge >= 0.3 is 0 Å². The van der Waals surface area contributed by atoms with Crippen LogP contribution in [0.2, 0.25) is 0 Å². The summed E-state index contributed by atoms with van der Waals surface area (Å²) in [4.78, 5) is 4.18. The van der Waals surface area contributed by atoms with Crippen molar-refractivity contribution in [2.45, 2.75) is 0 Å². The summed E-state index contributed by atoms with van der Waals surface area (Å²) in [6.45, 7) is 0.0528. The second-order valence-corrected chi connectivity index (χ2v) is 3.93. The Hall–Kier alpha value is -1.39. The largest absolute Gasteiger partial charge is 0.392 e. The Morgan fingerprint density at radius 2 is 2.36 bits per heavy atom. The Morgan fingerprint density at radius 1 is 1.50 bits per heavy atom. The van der Waals surface area contributed by atoms with Crippen LogP contribution in [0.1, 0.15) is 5.56 Å². The highest BCUT2D eigenvalue weighted by Gasteiger charge is 1.99. The summed E-state index contributed by atoms with van der Waals surface area (Å²) in [7, 11) is 0. The van der Waals surface area contributed by atoms with Crippen LogP contribution in [0.25, 0.3) is 16.3 Å². The third kappa shape index (κ3) is 1.76. The third-order valence-electron chi connectivity index (χ3n) is 1.84. The number of hydrogen-bond donors (Lipinski definition) is 2. The first-order chi connectivity index (χ1) is 6.79. The van der Waals surface area contributed by atoms with E-state index in [0.29, 0.717) is 5.13 Å². The molecule has 0 aliphatic heterocycles. The molecule has 1 heterocycles. The van der Waals surface area contributed by atoms with Crippen molar-refractivity contribution in [3.8, 4) is 0 Å². The predicted octanol–water partition coefficient (Wildman–Crippen LogP) is 1.88. The Balaban J connectivity index is 2.45.